The summed E-state index contributed by atoms with van der Waals surface area (Å²) in [6, 6.07) is 12.7. The zero-order valence-corrected chi connectivity index (χ0v) is 16.3. The molecule has 92 valence electrons. The summed E-state index contributed by atoms with van der Waals surface area (Å²) >= 11 is 11.0. The molecule has 4 aromatic rings. The molecule has 2 heterocycles. The molecule has 22 heavy (non-hydrogen) atoms. The molecule has 2 nitrogen and oxygen atoms in total. The summed E-state index contributed by atoms with van der Waals surface area (Å²) in [6.07, 6.45) is 0. The van der Waals surface area contributed by atoms with Gasteiger partial charge in [0.25, 0.3) is 0 Å². The molecule has 2 aromatic heterocycles. The number of benzene rings is 2. The van der Waals surface area contributed by atoms with Crippen LogP contribution in [0.5, 0.6) is 0 Å². The van der Waals surface area contributed by atoms with E-state index >= 15 is 0 Å². The van der Waals surface area contributed by atoms with Crippen LogP contribution in [0.4, 0.5) is 0 Å². The summed E-state index contributed by atoms with van der Waals surface area (Å²) in [5.41, 5.74) is 2.05. The molecule has 0 saturated carbocycles. The van der Waals surface area contributed by atoms with Crippen LogP contribution in [0, 0.1) is 0 Å². The lowest BCUT2D eigenvalue weighted by atomic mass is 10.0. The van der Waals surface area contributed by atoms with Gasteiger partial charge < -0.3 is 0 Å². The minimum Gasteiger partial charge on any atom is -0.273 e. The third-order valence-corrected chi connectivity index (χ3v) is 5.40. The van der Waals surface area contributed by atoms with E-state index in [-0.39, 0.29) is 0 Å². The van der Waals surface area contributed by atoms with Gasteiger partial charge in [0.15, 0.2) is 32.6 Å². The highest BCUT2D eigenvalue weighted by Crippen LogP contribution is 2.27. The first-order chi connectivity index (χ1) is 10.5. The van der Waals surface area contributed by atoms with Crippen LogP contribution < -0.4 is 18.0 Å². The Bertz CT molecular complexity index is 989. The first-order valence-corrected chi connectivity index (χ1v) is 9.08. The molecule has 0 aliphatic heterocycles. The van der Waals surface area contributed by atoms with Crippen molar-refractivity contribution in [3.63, 3.8) is 0 Å². The molecule has 0 saturated heterocycles. The summed E-state index contributed by atoms with van der Waals surface area (Å²) in [4.78, 5) is 9.46. The van der Waals surface area contributed by atoms with Crippen molar-refractivity contribution in [1.82, 2.24) is 9.97 Å². The zero-order valence-electron chi connectivity index (χ0n) is 11.7. The second-order valence-corrected chi connectivity index (χ2v) is 7.72. The van der Waals surface area contributed by atoms with Crippen LogP contribution >= 0.6 is 0 Å². The summed E-state index contributed by atoms with van der Waals surface area (Å²) in [7, 11) is 0. The number of rotatable bonds is 0. The first kappa shape index (κ1) is 15.2. The van der Waals surface area contributed by atoms with E-state index in [9.17, 15) is 0 Å². The maximum Gasteiger partial charge on any atom is 0.209 e. The molecule has 0 aliphatic rings. The first-order valence-electron chi connectivity index (χ1n) is 6.78. The Kier molecular flexibility index (Phi) is 3.88. The Morgan fingerprint density at radius 2 is 0.909 bits per heavy atom. The van der Waals surface area contributed by atoms with E-state index in [4.69, 9.17) is 9.97 Å². The fourth-order valence-electron chi connectivity index (χ4n) is 2.88. The highest BCUT2D eigenvalue weighted by atomic mass is 27.1. The lowest BCUT2D eigenvalue weighted by Gasteiger charge is -2.12. The molecule has 8 radical (unpaired) electrons. The third-order valence-electron chi connectivity index (χ3n) is 3.85. The monoisotopic (exact) mass is 334 g/mol. The number of pyridine rings is 2. The van der Waals surface area contributed by atoms with E-state index < -0.39 is 0 Å². The van der Waals surface area contributed by atoms with Crippen LogP contribution in [0.25, 0.3) is 32.6 Å². The average molecular weight is 334 g/mol. The largest absolute Gasteiger partial charge is 0.273 e. The van der Waals surface area contributed by atoms with Gasteiger partial charge in [-0.1, -0.05) is 45.5 Å². The van der Waals surface area contributed by atoms with Crippen LogP contribution in [0.3, 0.4) is 0 Å². The van der Waals surface area contributed by atoms with Crippen molar-refractivity contribution >= 4 is 116 Å². The fraction of sp³-hybridized carbons (Fsp3) is 0. The van der Waals surface area contributed by atoms with E-state index in [1.807, 2.05) is 0 Å². The van der Waals surface area contributed by atoms with Crippen molar-refractivity contribution in [2.45, 2.75) is 0 Å². The van der Waals surface area contributed by atoms with Gasteiger partial charge >= 0.3 is 0 Å². The van der Waals surface area contributed by atoms with Crippen LogP contribution in [-0.2, 0) is 0 Å². The maximum absolute atomic E-state index is 4.73. The molecule has 0 bridgehead atoms. The Morgan fingerprint density at radius 3 is 1.32 bits per heavy atom. The fourth-order valence-corrected chi connectivity index (χ4v) is 4.69. The van der Waals surface area contributed by atoms with Gasteiger partial charge in [-0.3, -0.25) is 9.97 Å². The van der Waals surface area contributed by atoms with Gasteiger partial charge in [-0.15, -0.1) is 8.85 Å². The van der Waals surface area contributed by atoms with Crippen LogP contribution in [0.15, 0.2) is 36.4 Å². The van der Waals surface area contributed by atoms with Gasteiger partial charge in [0.05, 0.1) is 11.0 Å². The number of hydrogen-bond acceptors (Lipinski definition) is 2. The summed E-state index contributed by atoms with van der Waals surface area (Å²) in [5.74, 6) is 0. The van der Waals surface area contributed by atoms with E-state index in [0.29, 0.717) is 0 Å². The molecular weight excluding hydrogens is 328 g/mol. The highest BCUT2D eigenvalue weighted by molar-refractivity contribution is 6.44. The number of hydrogen-bond donors (Lipinski definition) is 0. The van der Waals surface area contributed by atoms with Crippen LogP contribution in [-0.4, -0.2) is 75.1 Å². The van der Waals surface area contributed by atoms with Crippen molar-refractivity contribution in [1.29, 1.82) is 0 Å². The predicted octanol–water partition coefficient (Wildman–Crippen LogP) is -0.889. The Labute approximate surface area is 161 Å². The molecule has 0 spiro atoms. The number of nitrogens with zero attached hydrogens (tertiary/aromatic N) is 2. The van der Waals surface area contributed by atoms with Crippen molar-refractivity contribution in [2.24, 2.45) is 0 Å². The molecule has 2 aromatic carbocycles. The summed E-state index contributed by atoms with van der Waals surface area (Å²) < 4.78 is 4.22. The third kappa shape index (κ3) is 2.37. The van der Waals surface area contributed by atoms with Gasteiger partial charge in [0.2, 0.25) is 32.6 Å². The minimum atomic E-state index is 0.949. The molecule has 0 fully saturated rings. The molecule has 0 amide bonds. The van der Waals surface area contributed by atoms with E-state index in [1.54, 1.807) is 0 Å². The number of fused-ring (bicyclic) bond motifs is 5. The number of aromatic nitrogens is 2. The Hall–Kier alpha value is -0.350. The molecule has 0 N–H and O–H groups in total. The topological polar surface area (TPSA) is 25.8 Å². The standard InChI is InChI=1S/C16H6N2.4Al/c1-3-11-5-7-14-13(15(11)17-9-1)8-6-12-4-2-10-18-16(12)14;;;;/h1-2,5-8H;;;;. The SMILES string of the molecule is [Al][c]1c[c]([Al])c2ccc3c(ccc4[c]([Al])c[c]([Al])nc43)c2n1. The summed E-state index contributed by atoms with van der Waals surface area (Å²) in [5, 5.41) is 4.61. The van der Waals surface area contributed by atoms with Crippen molar-refractivity contribution in [3.05, 3.63) is 36.4 Å². The maximum atomic E-state index is 4.73. The van der Waals surface area contributed by atoms with Gasteiger partial charge in [0.1, 0.15) is 0 Å². The van der Waals surface area contributed by atoms with E-state index in [0.717, 1.165) is 50.5 Å². The summed E-state index contributed by atoms with van der Waals surface area (Å²) in [6.45, 7) is 0. The molecule has 0 aliphatic carbocycles. The zero-order chi connectivity index (χ0) is 15.4. The van der Waals surface area contributed by atoms with E-state index in [1.165, 1.54) is 0 Å². The minimum absolute atomic E-state index is 0.949. The molecule has 4 rings (SSSR count). The molecular formula is C16H6Al4N2. The lowest BCUT2D eigenvalue weighted by Crippen LogP contribution is -2.19. The van der Waals surface area contributed by atoms with E-state index in [2.05, 4.69) is 102 Å². The van der Waals surface area contributed by atoms with Gasteiger partial charge in [-0.2, -0.15) is 0 Å². The van der Waals surface area contributed by atoms with Gasteiger partial charge in [0, 0.05) is 10.8 Å². The van der Waals surface area contributed by atoms with Crippen LogP contribution in [0.1, 0.15) is 0 Å². The van der Waals surface area contributed by atoms with Crippen molar-refractivity contribution < 1.29 is 0 Å². The highest BCUT2D eigenvalue weighted by Gasteiger charge is 2.09. The van der Waals surface area contributed by atoms with Crippen molar-refractivity contribution in [3.8, 4) is 0 Å². The quantitative estimate of drug-likeness (QED) is 0.308. The second kappa shape index (κ2) is 5.62. The Morgan fingerprint density at radius 1 is 0.545 bits per heavy atom. The lowest BCUT2D eigenvalue weighted by molar-refractivity contribution is 1.49. The van der Waals surface area contributed by atoms with Gasteiger partial charge in [-0.05, 0) is 10.8 Å². The van der Waals surface area contributed by atoms with Crippen molar-refractivity contribution in [2.75, 3.05) is 0 Å². The second-order valence-electron chi connectivity index (χ2n) is 5.29. The molecule has 0 atom stereocenters. The normalized spacial score (nSPS) is 11.5. The Balaban J connectivity index is 2.27. The predicted molar refractivity (Wildman–Crippen MR) is 96.1 cm³/mol. The smallest absolute Gasteiger partial charge is 0.209 e. The molecule has 0 unspecified atom stereocenters. The van der Waals surface area contributed by atoms with Gasteiger partial charge in [-0.25, -0.2) is 0 Å². The molecule has 6 heteroatoms. The average Bonchev–Trinajstić information content (AvgIpc) is 2.46. The van der Waals surface area contributed by atoms with Crippen LogP contribution in [0.2, 0.25) is 0 Å².